The summed E-state index contributed by atoms with van der Waals surface area (Å²) in [5.41, 5.74) is 5.06. The van der Waals surface area contributed by atoms with E-state index in [4.69, 9.17) is 0 Å². The van der Waals surface area contributed by atoms with Crippen molar-refractivity contribution < 1.29 is 0 Å². The van der Waals surface area contributed by atoms with Gasteiger partial charge in [0.25, 0.3) is 0 Å². The third-order valence-electron chi connectivity index (χ3n) is 5.68. The van der Waals surface area contributed by atoms with Crippen molar-refractivity contribution in [3.05, 3.63) is 34.9 Å². The monoisotopic (exact) mass is 286 g/mol. The summed E-state index contributed by atoms with van der Waals surface area (Å²) in [6.07, 6.45) is 5.51. The molecule has 0 amide bonds. The van der Waals surface area contributed by atoms with Crippen LogP contribution in [0, 0.1) is 13.8 Å². The Hall–Kier alpha value is -0.860. The molecule has 1 saturated carbocycles. The van der Waals surface area contributed by atoms with E-state index in [9.17, 15) is 0 Å². The highest BCUT2D eigenvalue weighted by Gasteiger charge is 2.45. The van der Waals surface area contributed by atoms with Crippen molar-refractivity contribution in [3.8, 4) is 0 Å². The smallest absolute Gasteiger partial charge is 0.0338 e. The molecule has 1 aliphatic carbocycles. The zero-order valence-electron chi connectivity index (χ0n) is 14.1. The van der Waals surface area contributed by atoms with Crippen molar-refractivity contribution in [2.45, 2.75) is 71.0 Å². The van der Waals surface area contributed by atoms with Gasteiger partial charge in [0, 0.05) is 30.7 Å². The summed E-state index contributed by atoms with van der Waals surface area (Å²) in [7, 11) is 0. The first kappa shape index (κ1) is 15.1. The number of nitrogens with zero attached hydrogens (tertiary/aromatic N) is 1. The van der Waals surface area contributed by atoms with Gasteiger partial charge in [0.1, 0.15) is 0 Å². The van der Waals surface area contributed by atoms with Crippen LogP contribution >= 0.6 is 0 Å². The Kier molecular flexibility index (Phi) is 3.87. The number of aryl methyl sites for hydroxylation is 2. The van der Waals surface area contributed by atoms with Gasteiger partial charge < -0.3 is 5.32 Å². The lowest BCUT2D eigenvalue weighted by Gasteiger charge is -2.51. The number of benzene rings is 1. The second kappa shape index (κ2) is 5.40. The van der Waals surface area contributed by atoms with Gasteiger partial charge in [-0.05, 0) is 57.2 Å². The fraction of sp³-hybridized carbons (Fsp3) is 0.684. The standard InChI is InChI=1S/C19H30N2/c1-15-8-7-9-16(2)17(15)12-21-14-18(3,4)20-13-19(21)10-5-6-11-19/h7-9,20H,5-6,10-14H2,1-4H3. The quantitative estimate of drug-likeness (QED) is 0.889. The molecule has 0 aromatic heterocycles. The van der Waals surface area contributed by atoms with Gasteiger partial charge in [-0.3, -0.25) is 4.90 Å². The number of piperazine rings is 1. The lowest BCUT2D eigenvalue weighted by Crippen LogP contribution is -2.67. The van der Waals surface area contributed by atoms with Gasteiger partial charge in [0.2, 0.25) is 0 Å². The van der Waals surface area contributed by atoms with E-state index >= 15 is 0 Å². The van der Waals surface area contributed by atoms with Crippen LogP contribution in [-0.2, 0) is 6.54 Å². The highest BCUT2D eigenvalue weighted by Crippen LogP contribution is 2.39. The highest BCUT2D eigenvalue weighted by molar-refractivity contribution is 5.33. The number of nitrogens with one attached hydrogen (secondary N) is 1. The molecule has 3 rings (SSSR count). The third-order valence-corrected chi connectivity index (χ3v) is 5.68. The summed E-state index contributed by atoms with van der Waals surface area (Å²) in [6.45, 7) is 12.6. The molecule has 1 aliphatic heterocycles. The van der Waals surface area contributed by atoms with E-state index in [1.165, 1.54) is 36.8 Å². The van der Waals surface area contributed by atoms with E-state index in [1.54, 1.807) is 5.56 Å². The first-order chi connectivity index (χ1) is 9.92. The van der Waals surface area contributed by atoms with Crippen molar-refractivity contribution in [2.75, 3.05) is 13.1 Å². The van der Waals surface area contributed by atoms with E-state index in [0.717, 1.165) is 19.6 Å². The molecule has 2 fully saturated rings. The van der Waals surface area contributed by atoms with Gasteiger partial charge in [0.15, 0.2) is 0 Å². The van der Waals surface area contributed by atoms with Gasteiger partial charge >= 0.3 is 0 Å². The Morgan fingerprint density at radius 2 is 1.71 bits per heavy atom. The predicted molar refractivity (Wildman–Crippen MR) is 89.6 cm³/mol. The molecule has 1 spiro atoms. The third kappa shape index (κ3) is 2.89. The molecule has 2 heteroatoms. The van der Waals surface area contributed by atoms with Crippen LogP contribution in [0.25, 0.3) is 0 Å². The van der Waals surface area contributed by atoms with Crippen molar-refractivity contribution in [1.82, 2.24) is 10.2 Å². The Morgan fingerprint density at radius 3 is 2.33 bits per heavy atom. The Labute approximate surface area is 129 Å². The summed E-state index contributed by atoms with van der Waals surface area (Å²) in [6, 6.07) is 6.70. The minimum absolute atomic E-state index is 0.227. The van der Waals surface area contributed by atoms with E-state index < -0.39 is 0 Å². The van der Waals surface area contributed by atoms with E-state index in [2.05, 4.69) is 56.1 Å². The molecule has 1 saturated heterocycles. The molecule has 1 aromatic carbocycles. The Bertz CT molecular complexity index is 492. The Morgan fingerprint density at radius 1 is 1.10 bits per heavy atom. The molecule has 116 valence electrons. The number of hydrogen-bond donors (Lipinski definition) is 1. The summed E-state index contributed by atoms with van der Waals surface area (Å²) >= 11 is 0. The van der Waals surface area contributed by atoms with Crippen LogP contribution in [0.1, 0.15) is 56.2 Å². The lowest BCUT2D eigenvalue weighted by molar-refractivity contribution is 0.0119. The molecule has 0 atom stereocenters. The maximum absolute atomic E-state index is 3.79. The van der Waals surface area contributed by atoms with Gasteiger partial charge in [-0.1, -0.05) is 31.0 Å². The average Bonchev–Trinajstić information content (AvgIpc) is 2.88. The van der Waals surface area contributed by atoms with E-state index in [0.29, 0.717) is 5.54 Å². The van der Waals surface area contributed by atoms with Crippen molar-refractivity contribution in [1.29, 1.82) is 0 Å². The first-order valence-electron chi connectivity index (χ1n) is 8.47. The molecule has 2 nitrogen and oxygen atoms in total. The van der Waals surface area contributed by atoms with Gasteiger partial charge in [-0.25, -0.2) is 0 Å². The summed E-state index contributed by atoms with van der Waals surface area (Å²) in [4.78, 5) is 2.80. The molecule has 0 radical (unpaired) electrons. The van der Waals surface area contributed by atoms with Crippen LogP contribution in [0.15, 0.2) is 18.2 Å². The van der Waals surface area contributed by atoms with Gasteiger partial charge in [-0.15, -0.1) is 0 Å². The zero-order valence-corrected chi connectivity index (χ0v) is 14.1. The molecule has 0 bridgehead atoms. The maximum atomic E-state index is 3.79. The summed E-state index contributed by atoms with van der Waals surface area (Å²) in [5.74, 6) is 0. The number of rotatable bonds is 2. The van der Waals surface area contributed by atoms with Crippen LogP contribution < -0.4 is 5.32 Å². The largest absolute Gasteiger partial charge is 0.309 e. The van der Waals surface area contributed by atoms with Crippen molar-refractivity contribution in [2.24, 2.45) is 0 Å². The SMILES string of the molecule is Cc1cccc(C)c1CN1CC(C)(C)NCC12CCCC2. The Balaban J connectivity index is 1.89. The molecular formula is C19H30N2. The van der Waals surface area contributed by atoms with Crippen molar-refractivity contribution >= 4 is 0 Å². The molecule has 2 aliphatic rings. The molecule has 0 unspecified atom stereocenters. The van der Waals surface area contributed by atoms with Gasteiger partial charge in [-0.2, -0.15) is 0 Å². The van der Waals surface area contributed by atoms with E-state index in [-0.39, 0.29) is 5.54 Å². The predicted octanol–water partition coefficient (Wildman–Crippen LogP) is 3.80. The molecule has 1 aromatic rings. The van der Waals surface area contributed by atoms with Crippen LogP contribution in [0.5, 0.6) is 0 Å². The summed E-state index contributed by atoms with van der Waals surface area (Å²) < 4.78 is 0. The molecular weight excluding hydrogens is 256 g/mol. The van der Waals surface area contributed by atoms with Crippen LogP contribution in [0.2, 0.25) is 0 Å². The van der Waals surface area contributed by atoms with Gasteiger partial charge in [0.05, 0.1) is 0 Å². The van der Waals surface area contributed by atoms with Crippen molar-refractivity contribution in [3.63, 3.8) is 0 Å². The number of hydrogen-bond acceptors (Lipinski definition) is 2. The normalized spacial score (nSPS) is 24.6. The van der Waals surface area contributed by atoms with Crippen LogP contribution in [0.4, 0.5) is 0 Å². The minimum atomic E-state index is 0.227. The van der Waals surface area contributed by atoms with Crippen LogP contribution in [0.3, 0.4) is 0 Å². The molecule has 21 heavy (non-hydrogen) atoms. The topological polar surface area (TPSA) is 15.3 Å². The zero-order chi connectivity index (χ0) is 15.1. The second-order valence-corrected chi connectivity index (χ2v) is 7.90. The first-order valence-corrected chi connectivity index (χ1v) is 8.47. The molecule has 1 N–H and O–H groups in total. The highest BCUT2D eigenvalue weighted by atomic mass is 15.3. The molecule has 1 heterocycles. The lowest BCUT2D eigenvalue weighted by atomic mass is 9.86. The second-order valence-electron chi connectivity index (χ2n) is 7.90. The minimum Gasteiger partial charge on any atom is -0.309 e. The van der Waals surface area contributed by atoms with Crippen LogP contribution in [-0.4, -0.2) is 29.1 Å². The van der Waals surface area contributed by atoms with E-state index in [1.807, 2.05) is 0 Å². The fourth-order valence-electron chi connectivity index (χ4n) is 4.26. The summed E-state index contributed by atoms with van der Waals surface area (Å²) in [5, 5.41) is 3.79. The maximum Gasteiger partial charge on any atom is 0.0338 e. The average molecular weight is 286 g/mol. The fourth-order valence-corrected chi connectivity index (χ4v) is 4.26.